The highest BCUT2D eigenvalue weighted by Crippen LogP contribution is 2.30. The van der Waals surface area contributed by atoms with Crippen molar-refractivity contribution in [2.24, 2.45) is 11.5 Å². The third-order valence-corrected chi connectivity index (χ3v) is 4.86. The fraction of sp³-hybridized carbons (Fsp3) is 0.316. The van der Waals surface area contributed by atoms with Crippen molar-refractivity contribution in [2.75, 3.05) is 0 Å². The monoisotopic (exact) mass is 369 g/mol. The summed E-state index contributed by atoms with van der Waals surface area (Å²) in [6, 6.07) is 11.0. The minimum Gasteiger partial charge on any atom is -0.534 e. The molecule has 1 aliphatic rings. The molecule has 2 aromatic rings. The second kappa shape index (κ2) is 8.54. The zero-order valence-corrected chi connectivity index (χ0v) is 15.0. The van der Waals surface area contributed by atoms with E-state index >= 15 is 0 Å². The highest BCUT2D eigenvalue weighted by molar-refractivity contribution is 6.46. The first-order valence-corrected chi connectivity index (χ1v) is 8.92. The Balaban J connectivity index is 1.72. The molecule has 0 bridgehead atoms. The fourth-order valence-corrected chi connectivity index (χ4v) is 3.48. The van der Waals surface area contributed by atoms with E-state index < -0.39 is 13.1 Å². The van der Waals surface area contributed by atoms with E-state index in [9.17, 15) is 14.9 Å². The Morgan fingerprint density at radius 2 is 1.85 bits per heavy atom. The number of benzene rings is 2. The molecule has 0 spiro atoms. The molecule has 0 aliphatic carbocycles. The average molecular weight is 369 g/mol. The first-order valence-electron chi connectivity index (χ1n) is 8.92. The van der Waals surface area contributed by atoms with Crippen LogP contribution in [0.15, 0.2) is 36.4 Å². The van der Waals surface area contributed by atoms with Crippen molar-refractivity contribution in [1.82, 2.24) is 5.32 Å². The average Bonchev–Trinajstić information content (AvgIpc) is 2.67. The van der Waals surface area contributed by atoms with Gasteiger partial charge in [-0.2, -0.15) is 0 Å². The summed E-state index contributed by atoms with van der Waals surface area (Å²) in [5.41, 5.74) is 15.6. The fourth-order valence-electron chi connectivity index (χ4n) is 3.48. The highest BCUT2D eigenvalue weighted by atomic mass is 16.5. The van der Waals surface area contributed by atoms with Crippen LogP contribution in [0.1, 0.15) is 27.8 Å². The first-order chi connectivity index (χ1) is 13.1. The molecule has 0 radical (unpaired) electrons. The summed E-state index contributed by atoms with van der Waals surface area (Å²) >= 11 is 0. The molecule has 1 unspecified atom stereocenters. The lowest BCUT2D eigenvalue weighted by atomic mass is 9.72. The lowest BCUT2D eigenvalue weighted by molar-refractivity contribution is -0.120. The summed E-state index contributed by atoms with van der Waals surface area (Å²) in [5.74, 6) is -0.315. The van der Waals surface area contributed by atoms with Gasteiger partial charge < -0.3 is 31.6 Å². The zero-order chi connectivity index (χ0) is 19.4. The topological polar surface area (TPSA) is 131 Å². The van der Waals surface area contributed by atoms with Crippen LogP contribution >= 0.6 is 0 Å². The van der Waals surface area contributed by atoms with Crippen molar-refractivity contribution in [3.8, 4) is 5.75 Å². The van der Waals surface area contributed by atoms with Crippen molar-refractivity contribution in [2.45, 2.75) is 38.5 Å². The minimum absolute atomic E-state index is 0.146. The maximum Gasteiger partial charge on any atom is 0.547 e. The predicted molar refractivity (Wildman–Crippen MR) is 103 cm³/mol. The number of nitrogens with two attached hydrogens (primary N) is 2. The lowest BCUT2D eigenvalue weighted by Crippen LogP contribution is -2.53. The van der Waals surface area contributed by atoms with Gasteiger partial charge in [0.05, 0.1) is 19.0 Å². The Hall–Kier alpha value is -2.39. The van der Waals surface area contributed by atoms with Crippen LogP contribution in [-0.4, -0.2) is 29.1 Å². The SMILES string of the molecule is NCc1cccc(CC(=O)NC2Cc3cccc(CO)c3OB2O)c1CN. The molecule has 3 rings (SSSR count). The van der Waals surface area contributed by atoms with Crippen molar-refractivity contribution in [3.05, 3.63) is 64.2 Å². The van der Waals surface area contributed by atoms with Crippen molar-refractivity contribution >= 4 is 13.0 Å². The number of fused-ring (bicyclic) bond motifs is 1. The van der Waals surface area contributed by atoms with Gasteiger partial charge in [0, 0.05) is 18.7 Å². The molecule has 0 fully saturated rings. The number of amides is 1. The van der Waals surface area contributed by atoms with E-state index in [0.717, 1.165) is 22.3 Å². The van der Waals surface area contributed by atoms with E-state index in [1.165, 1.54) is 0 Å². The Labute approximate surface area is 158 Å². The zero-order valence-electron chi connectivity index (χ0n) is 15.0. The molecule has 8 heteroatoms. The number of nitrogens with one attached hydrogen (secondary N) is 1. The number of para-hydroxylation sites is 1. The normalized spacial score (nSPS) is 15.9. The van der Waals surface area contributed by atoms with Gasteiger partial charge in [0.1, 0.15) is 5.75 Å². The summed E-state index contributed by atoms with van der Waals surface area (Å²) in [6.45, 7) is 0.496. The Bertz CT molecular complexity index is 831. The van der Waals surface area contributed by atoms with Gasteiger partial charge in [0.2, 0.25) is 5.91 Å². The van der Waals surface area contributed by atoms with Gasteiger partial charge >= 0.3 is 7.12 Å². The van der Waals surface area contributed by atoms with Gasteiger partial charge in [0.25, 0.3) is 0 Å². The number of aliphatic hydroxyl groups excluding tert-OH is 1. The van der Waals surface area contributed by atoms with E-state index in [0.29, 0.717) is 30.8 Å². The Morgan fingerprint density at radius 1 is 1.15 bits per heavy atom. The first kappa shape index (κ1) is 19.4. The largest absolute Gasteiger partial charge is 0.547 e. The quantitative estimate of drug-likeness (QED) is 0.448. The van der Waals surface area contributed by atoms with Gasteiger partial charge in [-0.1, -0.05) is 36.4 Å². The van der Waals surface area contributed by atoms with Crippen molar-refractivity contribution in [1.29, 1.82) is 0 Å². The van der Waals surface area contributed by atoms with E-state index in [1.54, 1.807) is 6.07 Å². The summed E-state index contributed by atoms with van der Waals surface area (Å²) in [5, 5.41) is 22.5. The Morgan fingerprint density at radius 3 is 2.56 bits per heavy atom. The number of carbonyl (C=O) groups excluding carboxylic acids is 1. The van der Waals surface area contributed by atoms with Crippen molar-refractivity contribution in [3.63, 3.8) is 0 Å². The molecule has 2 aromatic carbocycles. The summed E-state index contributed by atoms with van der Waals surface area (Å²) in [6.07, 6.45) is 0.565. The van der Waals surface area contributed by atoms with E-state index in [4.69, 9.17) is 16.1 Å². The number of hydrogen-bond donors (Lipinski definition) is 5. The molecule has 0 saturated heterocycles. The predicted octanol–water partition coefficient (Wildman–Crippen LogP) is -0.222. The van der Waals surface area contributed by atoms with Crippen LogP contribution in [-0.2, 0) is 37.3 Å². The molecule has 142 valence electrons. The number of hydrogen-bond acceptors (Lipinski definition) is 6. The molecular weight excluding hydrogens is 345 g/mol. The van der Waals surface area contributed by atoms with Crippen LogP contribution < -0.4 is 21.4 Å². The third-order valence-electron chi connectivity index (χ3n) is 4.86. The van der Waals surface area contributed by atoms with E-state index in [2.05, 4.69) is 5.32 Å². The number of carbonyl (C=O) groups is 1. The maximum absolute atomic E-state index is 12.5. The second-order valence-electron chi connectivity index (χ2n) is 6.59. The van der Waals surface area contributed by atoms with Gasteiger partial charge in [-0.25, -0.2) is 0 Å². The van der Waals surface area contributed by atoms with Crippen LogP contribution in [0, 0.1) is 0 Å². The van der Waals surface area contributed by atoms with E-state index in [-0.39, 0.29) is 18.9 Å². The smallest absolute Gasteiger partial charge is 0.534 e. The maximum atomic E-state index is 12.5. The summed E-state index contributed by atoms with van der Waals surface area (Å²) in [4.78, 5) is 12.5. The third kappa shape index (κ3) is 4.14. The molecule has 1 aliphatic heterocycles. The molecule has 1 atom stereocenters. The van der Waals surface area contributed by atoms with Crippen LogP contribution in [0.4, 0.5) is 0 Å². The van der Waals surface area contributed by atoms with Gasteiger partial charge in [0.15, 0.2) is 0 Å². The molecule has 1 amide bonds. The van der Waals surface area contributed by atoms with Gasteiger partial charge in [-0.15, -0.1) is 0 Å². The molecule has 0 aromatic heterocycles. The summed E-state index contributed by atoms with van der Waals surface area (Å²) < 4.78 is 5.54. The van der Waals surface area contributed by atoms with Crippen LogP contribution in [0.25, 0.3) is 0 Å². The van der Waals surface area contributed by atoms with E-state index in [1.807, 2.05) is 30.3 Å². The van der Waals surface area contributed by atoms with Gasteiger partial charge in [-0.3, -0.25) is 4.79 Å². The number of rotatable bonds is 6. The molecule has 27 heavy (non-hydrogen) atoms. The van der Waals surface area contributed by atoms with Gasteiger partial charge in [-0.05, 0) is 28.7 Å². The highest BCUT2D eigenvalue weighted by Gasteiger charge is 2.36. The second-order valence-corrected chi connectivity index (χ2v) is 6.59. The summed E-state index contributed by atoms with van der Waals surface area (Å²) in [7, 11) is -1.18. The van der Waals surface area contributed by atoms with Crippen molar-refractivity contribution < 1.29 is 19.6 Å². The van der Waals surface area contributed by atoms with Crippen LogP contribution in [0.3, 0.4) is 0 Å². The molecule has 7 nitrogen and oxygen atoms in total. The Kier molecular flexibility index (Phi) is 6.13. The lowest BCUT2D eigenvalue weighted by Gasteiger charge is -2.29. The molecule has 1 heterocycles. The minimum atomic E-state index is -1.18. The van der Waals surface area contributed by atoms with Crippen LogP contribution in [0.2, 0.25) is 0 Å². The molecule has 7 N–H and O–H groups in total. The number of aliphatic hydroxyl groups is 1. The molecular formula is C19H24BN3O4. The standard InChI is InChI=1S/C19H24BN3O4/c21-9-14-5-1-3-12(16(14)10-22)8-18(25)23-17-7-13-4-2-6-15(11-24)19(13)27-20(17)26/h1-6,17,24,26H,7-11,21-22H2,(H,23,25). The molecule has 0 saturated carbocycles. The van der Waals surface area contributed by atoms with Crippen LogP contribution in [0.5, 0.6) is 5.75 Å².